The summed E-state index contributed by atoms with van der Waals surface area (Å²) in [4.78, 5) is 0. The van der Waals surface area contributed by atoms with Gasteiger partial charge in [0.1, 0.15) is 11.6 Å². The molecular weight excluding hydrogens is 392 g/mol. The number of fused-ring (bicyclic) bond motifs is 1. The molecule has 0 saturated heterocycles. The zero-order valence-corrected chi connectivity index (χ0v) is 13.8. The standard InChI is InChI=1S/C17H13FIN3/c18-12-4-6-14(7-5-12)22-17-15(8-9-20-17)16(21-22)11-2-1-3-13(19)10-11/h1-7,10,20H,8-9H2. The number of hydrogen-bond acceptors (Lipinski definition) is 2. The monoisotopic (exact) mass is 405 g/mol. The fourth-order valence-electron chi connectivity index (χ4n) is 2.81. The second-order valence-corrected chi connectivity index (χ2v) is 6.50. The lowest BCUT2D eigenvalue weighted by Gasteiger charge is -2.06. The van der Waals surface area contributed by atoms with E-state index in [0.29, 0.717) is 0 Å². The van der Waals surface area contributed by atoms with Crippen LogP contribution in [0.15, 0.2) is 48.5 Å². The molecule has 0 unspecified atom stereocenters. The minimum Gasteiger partial charge on any atom is -0.369 e. The molecule has 0 bridgehead atoms. The molecule has 0 amide bonds. The van der Waals surface area contributed by atoms with Gasteiger partial charge in [0, 0.05) is 21.2 Å². The first kappa shape index (κ1) is 13.8. The molecule has 4 rings (SSSR count). The Morgan fingerprint density at radius 3 is 2.73 bits per heavy atom. The van der Waals surface area contributed by atoms with Crippen LogP contribution >= 0.6 is 22.6 Å². The van der Waals surface area contributed by atoms with Crippen LogP contribution in [0.2, 0.25) is 0 Å². The topological polar surface area (TPSA) is 29.9 Å². The first-order chi connectivity index (χ1) is 10.7. The molecule has 1 aliphatic rings. The molecule has 0 saturated carbocycles. The van der Waals surface area contributed by atoms with Crippen LogP contribution in [0.1, 0.15) is 5.56 Å². The summed E-state index contributed by atoms with van der Waals surface area (Å²) in [6.07, 6.45) is 0.956. The molecule has 0 radical (unpaired) electrons. The highest BCUT2D eigenvalue weighted by Gasteiger charge is 2.23. The zero-order chi connectivity index (χ0) is 15.1. The normalized spacial score (nSPS) is 13.0. The number of hydrogen-bond donors (Lipinski definition) is 1. The average Bonchev–Trinajstić information content (AvgIpc) is 3.10. The molecule has 1 aliphatic heterocycles. The number of nitrogens with one attached hydrogen (secondary N) is 1. The summed E-state index contributed by atoms with van der Waals surface area (Å²) in [7, 11) is 0. The van der Waals surface area contributed by atoms with E-state index in [-0.39, 0.29) is 5.82 Å². The van der Waals surface area contributed by atoms with E-state index in [1.54, 1.807) is 12.1 Å². The fourth-order valence-corrected chi connectivity index (χ4v) is 3.35. The van der Waals surface area contributed by atoms with Gasteiger partial charge in [0.15, 0.2) is 0 Å². The fraction of sp³-hybridized carbons (Fsp3) is 0.118. The van der Waals surface area contributed by atoms with Crippen LogP contribution in [-0.2, 0) is 6.42 Å². The third kappa shape index (κ3) is 2.29. The SMILES string of the molecule is Fc1ccc(-n2nc(-c3cccc(I)c3)c3c2NCC3)cc1. The highest BCUT2D eigenvalue weighted by atomic mass is 127. The van der Waals surface area contributed by atoms with Gasteiger partial charge in [-0.15, -0.1) is 0 Å². The second-order valence-electron chi connectivity index (χ2n) is 5.25. The van der Waals surface area contributed by atoms with E-state index in [9.17, 15) is 4.39 Å². The van der Waals surface area contributed by atoms with Gasteiger partial charge in [0.25, 0.3) is 0 Å². The van der Waals surface area contributed by atoms with Gasteiger partial charge in [-0.1, -0.05) is 12.1 Å². The number of anilines is 1. The maximum Gasteiger partial charge on any atom is 0.133 e. The Balaban J connectivity index is 1.88. The molecule has 2 heterocycles. The molecule has 22 heavy (non-hydrogen) atoms. The molecule has 2 aromatic carbocycles. The molecule has 5 heteroatoms. The van der Waals surface area contributed by atoms with Crippen molar-refractivity contribution in [3.05, 3.63) is 63.5 Å². The van der Waals surface area contributed by atoms with Crippen LogP contribution in [0.4, 0.5) is 10.2 Å². The lowest BCUT2D eigenvalue weighted by atomic mass is 10.1. The van der Waals surface area contributed by atoms with Crippen LogP contribution < -0.4 is 5.32 Å². The van der Waals surface area contributed by atoms with Gasteiger partial charge in [0.05, 0.1) is 11.4 Å². The van der Waals surface area contributed by atoms with Crippen molar-refractivity contribution in [2.75, 3.05) is 11.9 Å². The number of rotatable bonds is 2. The predicted molar refractivity (Wildman–Crippen MR) is 93.9 cm³/mol. The summed E-state index contributed by atoms with van der Waals surface area (Å²) in [5, 5.41) is 8.16. The van der Waals surface area contributed by atoms with E-state index in [0.717, 1.165) is 35.7 Å². The first-order valence-electron chi connectivity index (χ1n) is 7.10. The molecule has 3 nitrogen and oxygen atoms in total. The summed E-state index contributed by atoms with van der Waals surface area (Å²) in [5.74, 6) is 0.777. The van der Waals surface area contributed by atoms with Crippen LogP contribution in [-0.4, -0.2) is 16.3 Å². The predicted octanol–water partition coefficient (Wildman–Crippen LogP) is 4.25. The quantitative estimate of drug-likeness (QED) is 0.647. The molecule has 0 atom stereocenters. The third-order valence-electron chi connectivity index (χ3n) is 3.82. The maximum atomic E-state index is 13.1. The van der Waals surface area contributed by atoms with E-state index < -0.39 is 0 Å². The highest BCUT2D eigenvalue weighted by molar-refractivity contribution is 14.1. The van der Waals surface area contributed by atoms with Crippen molar-refractivity contribution in [3.63, 3.8) is 0 Å². The molecular formula is C17H13FIN3. The summed E-state index contributed by atoms with van der Waals surface area (Å²) in [6, 6.07) is 14.8. The smallest absolute Gasteiger partial charge is 0.133 e. The van der Waals surface area contributed by atoms with Crippen LogP contribution in [0.3, 0.4) is 0 Å². The van der Waals surface area contributed by atoms with Gasteiger partial charge in [0.2, 0.25) is 0 Å². The largest absolute Gasteiger partial charge is 0.369 e. The van der Waals surface area contributed by atoms with E-state index in [4.69, 9.17) is 5.10 Å². The maximum absolute atomic E-state index is 13.1. The second kappa shape index (κ2) is 5.39. The van der Waals surface area contributed by atoms with Gasteiger partial charge in [-0.05, 0) is 65.4 Å². The summed E-state index contributed by atoms with van der Waals surface area (Å²) in [5.41, 5.74) is 4.21. The van der Waals surface area contributed by atoms with Crippen LogP contribution in [0.25, 0.3) is 16.9 Å². The lowest BCUT2D eigenvalue weighted by molar-refractivity contribution is 0.627. The van der Waals surface area contributed by atoms with Crippen molar-refractivity contribution in [1.82, 2.24) is 9.78 Å². The van der Waals surface area contributed by atoms with Crippen LogP contribution in [0.5, 0.6) is 0 Å². The minimum absolute atomic E-state index is 0.238. The van der Waals surface area contributed by atoms with Gasteiger partial charge in [-0.2, -0.15) is 5.10 Å². The Morgan fingerprint density at radius 2 is 1.95 bits per heavy atom. The van der Waals surface area contributed by atoms with Crippen LogP contribution in [0, 0.1) is 9.39 Å². The van der Waals surface area contributed by atoms with Crippen molar-refractivity contribution < 1.29 is 4.39 Å². The van der Waals surface area contributed by atoms with Crippen molar-refractivity contribution >= 4 is 28.4 Å². The van der Waals surface area contributed by atoms with E-state index in [1.165, 1.54) is 21.3 Å². The number of nitrogens with zero attached hydrogens (tertiary/aromatic N) is 2. The average molecular weight is 405 g/mol. The van der Waals surface area contributed by atoms with Crippen molar-refractivity contribution in [2.24, 2.45) is 0 Å². The Labute approximate surface area is 141 Å². The van der Waals surface area contributed by atoms with E-state index in [2.05, 4.69) is 46.1 Å². The van der Waals surface area contributed by atoms with E-state index in [1.807, 2.05) is 10.7 Å². The molecule has 1 aromatic heterocycles. The van der Waals surface area contributed by atoms with Crippen molar-refractivity contribution in [3.8, 4) is 16.9 Å². The summed E-state index contributed by atoms with van der Waals surface area (Å²) in [6.45, 7) is 0.908. The number of benzene rings is 2. The van der Waals surface area contributed by atoms with Gasteiger partial charge in [-0.3, -0.25) is 0 Å². The number of aromatic nitrogens is 2. The Bertz CT molecular complexity index is 840. The third-order valence-corrected chi connectivity index (χ3v) is 4.49. The Kier molecular flexibility index (Phi) is 3.37. The summed E-state index contributed by atoms with van der Waals surface area (Å²) >= 11 is 2.31. The highest BCUT2D eigenvalue weighted by Crippen LogP contribution is 2.34. The molecule has 0 spiro atoms. The lowest BCUT2D eigenvalue weighted by Crippen LogP contribution is -2.04. The molecule has 0 aliphatic carbocycles. The Hall–Kier alpha value is -1.89. The van der Waals surface area contributed by atoms with Crippen molar-refractivity contribution in [2.45, 2.75) is 6.42 Å². The number of halogens is 2. The molecule has 110 valence electrons. The minimum atomic E-state index is -0.238. The Morgan fingerprint density at radius 1 is 1.14 bits per heavy atom. The van der Waals surface area contributed by atoms with Gasteiger partial charge in [-0.25, -0.2) is 9.07 Å². The zero-order valence-electron chi connectivity index (χ0n) is 11.7. The van der Waals surface area contributed by atoms with Gasteiger partial charge < -0.3 is 5.32 Å². The van der Waals surface area contributed by atoms with E-state index >= 15 is 0 Å². The van der Waals surface area contributed by atoms with Crippen molar-refractivity contribution in [1.29, 1.82) is 0 Å². The first-order valence-corrected chi connectivity index (χ1v) is 8.18. The van der Waals surface area contributed by atoms with Gasteiger partial charge >= 0.3 is 0 Å². The molecule has 3 aromatic rings. The molecule has 1 N–H and O–H groups in total. The molecule has 0 fully saturated rings. The summed E-state index contributed by atoms with van der Waals surface area (Å²) < 4.78 is 16.2.